The molecule has 4 N–H and O–H groups in total. The highest BCUT2D eigenvalue weighted by Crippen LogP contribution is 2.31. The van der Waals surface area contributed by atoms with Gasteiger partial charge in [0.15, 0.2) is 5.65 Å². The molecule has 2 heterocycles. The molecule has 156 valence electrons. The number of amides is 3. The summed E-state index contributed by atoms with van der Waals surface area (Å²) >= 11 is 0. The number of imidazole rings is 1. The minimum atomic E-state index is -0.339. The first-order chi connectivity index (χ1) is 15.0. The van der Waals surface area contributed by atoms with Crippen LogP contribution in [0.5, 0.6) is 5.75 Å². The fourth-order valence-corrected chi connectivity index (χ4v) is 3.35. The number of carbonyl (C=O) groups excluding carboxylic acids is 2. The number of anilines is 2. The molecule has 0 unspecified atom stereocenters. The number of carbonyl (C=O) groups is 2. The summed E-state index contributed by atoms with van der Waals surface area (Å²) in [6, 6.07) is 13.2. The van der Waals surface area contributed by atoms with Crippen molar-refractivity contribution in [2.75, 3.05) is 17.7 Å². The van der Waals surface area contributed by atoms with Crippen LogP contribution in [0, 0.1) is 6.92 Å². The van der Waals surface area contributed by atoms with Gasteiger partial charge in [0.25, 0.3) is 5.91 Å². The molecule has 0 radical (unpaired) electrons. The Kier molecular flexibility index (Phi) is 5.28. The molecule has 8 heteroatoms. The maximum atomic E-state index is 12.6. The Morgan fingerprint density at radius 1 is 1.03 bits per heavy atom. The second-order valence-electron chi connectivity index (χ2n) is 6.98. The van der Waals surface area contributed by atoms with Crippen molar-refractivity contribution in [2.45, 2.75) is 6.92 Å². The smallest absolute Gasteiger partial charge is 0.319 e. The summed E-state index contributed by atoms with van der Waals surface area (Å²) in [5.74, 6) is -0.168. The van der Waals surface area contributed by atoms with E-state index in [1.165, 1.54) is 12.1 Å². The lowest BCUT2D eigenvalue weighted by atomic mass is 10.00. The zero-order valence-corrected chi connectivity index (χ0v) is 17.0. The highest BCUT2D eigenvalue weighted by Gasteiger charge is 2.14. The van der Waals surface area contributed by atoms with Crippen molar-refractivity contribution in [3.05, 3.63) is 78.2 Å². The zero-order chi connectivity index (χ0) is 22.0. The highest BCUT2D eigenvalue weighted by atomic mass is 16.3. The average Bonchev–Trinajstić information content (AvgIpc) is 3.24. The Morgan fingerprint density at radius 3 is 2.55 bits per heavy atom. The molecule has 0 atom stereocenters. The van der Waals surface area contributed by atoms with Crippen LogP contribution >= 0.6 is 0 Å². The summed E-state index contributed by atoms with van der Waals surface area (Å²) in [5.41, 5.74) is 4.94. The molecular formula is C23H21N5O3. The third-order valence-electron chi connectivity index (χ3n) is 4.99. The zero-order valence-electron chi connectivity index (χ0n) is 17.0. The third kappa shape index (κ3) is 4.04. The van der Waals surface area contributed by atoms with E-state index in [0.717, 1.165) is 16.7 Å². The summed E-state index contributed by atoms with van der Waals surface area (Å²) in [7, 11) is 1.55. The summed E-state index contributed by atoms with van der Waals surface area (Å²) < 4.78 is 1.84. The van der Waals surface area contributed by atoms with E-state index in [-0.39, 0.29) is 17.7 Å². The molecule has 0 aliphatic rings. The van der Waals surface area contributed by atoms with E-state index in [1.807, 2.05) is 41.8 Å². The monoisotopic (exact) mass is 415 g/mol. The Bertz CT molecular complexity index is 1280. The number of nitrogens with zero attached hydrogens (tertiary/aromatic N) is 2. The van der Waals surface area contributed by atoms with Crippen LogP contribution in [0.3, 0.4) is 0 Å². The lowest BCUT2D eigenvalue weighted by Crippen LogP contribution is -2.24. The Labute approximate surface area is 178 Å². The molecule has 8 nitrogen and oxygen atoms in total. The van der Waals surface area contributed by atoms with Crippen molar-refractivity contribution in [1.82, 2.24) is 14.7 Å². The molecule has 0 spiro atoms. The first kappa shape index (κ1) is 20.0. The van der Waals surface area contributed by atoms with Gasteiger partial charge in [-0.15, -0.1) is 0 Å². The molecule has 2 aromatic carbocycles. The van der Waals surface area contributed by atoms with Gasteiger partial charge < -0.3 is 25.5 Å². The molecule has 2 aromatic heterocycles. The number of rotatable bonds is 4. The molecule has 0 saturated heterocycles. The second kappa shape index (κ2) is 8.19. The van der Waals surface area contributed by atoms with Crippen LogP contribution in [0.25, 0.3) is 16.8 Å². The fraction of sp³-hybridized carbons (Fsp3) is 0.0870. The van der Waals surface area contributed by atoms with Gasteiger partial charge in [-0.1, -0.05) is 12.1 Å². The molecule has 0 fully saturated rings. The van der Waals surface area contributed by atoms with Crippen molar-refractivity contribution < 1.29 is 14.7 Å². The summed E-state index contributed by atoms with van der Waals surface area (Å²) in [6.07, 6.45) is 5.39. The fourth-order valence-electron chi connectivity index (χ4n) is 3.35. The van der Waals surface area contributed by atoms with Crippen LogP contribution in [-0.2, 0) is 0 Å². The van der Waals surface area contributed by atoms with Crippen molar-refractivity contribution in [3.8, 4) is 16.9 Å². The van der Waals surface area contributed by atoms with Gasteiger partial charge >= 0.3 is 6.03 Å². The predicted molar refractivity (Wildman–Crippen MR) is 120 cm³/mol. The van der Waals surface area contributed by atoms with Crippen LogP contribution in [0.15, 0.2) is 67.1 Å². The van der Waals surface area contributed by atoms with Gasteiger partial charge in [0, 0.05) is 42.5 Å². The van der Waals surface area contributed by atoms with E-state index in [9.17, 15) is 14.7 Å². The molecule has 4 aromatic rings. The normalized spacial score (nSPS) is 10.6. The average molecular weight is 415 g/mol. The van der Waals surface area contributed by atoms with Crippen LogP contribution in [0.4, 0.5) is 16.2 Å². The minimum absolute atomic E-state index is 0.103. The number of urea groups is 1. The topological polar surface area (TPSA) is 108 Å². The molecule has 31 heavy (non-hydrogen) atoms. The molecule has 4 rings (SSSR count). The first-order valence-corrected chi connectivity index (χ1v) is 9.62. The van der Waals surface area contributed by atoms with E-state index in [0.29, 0.717) is 22.6 Å². The largest absolute Gasteiger partial charge is 0.508 e. The number of aromatic hydroxyl groups is 1. The number of hydrogen-bond acceptors (Lipinski definition) is 4. The minimum Gasteiger partial charge on any atom is -0.508 e. The van der Waals surface area contributed by atoms with Crippen molar-refractivity contribution in [1.29, 1.82) is 0 Å². The van der Waals surface area contributed by atoms with E-state index >= 15 is 0 Å². The van der Waals surface area contributed by atoms with Crippen LogP contribution in [-0.4, -0.2) is 33.5 Å². The van der Waals surface area contributed by atoms with Crippen molar-refractivity contribution in [2.24, 2.45) is 0 Å². The summed E-state index contributed by atoms with van der Waals surface area (Å²) in [6.45, 7) is 1.92. The third-order valence-corrected chi connectivity index (χ3v) is 4.99. The number of nitrogens with one attached hydrogen (secondary N) is 3. The maximum Gasteiger partial charge on any atom is 0.319 e. The molecule has 0 bridgehead atoms. The van der Waals surface area contributed by atoms with E-state index < -0.39 is 0 Å². The Morgan fingerprint density at radius 2 is 1.81 bits per heavy atom. The van der Waals surface area contributed by atoms with Crippen LogP contribution in [0.2, 0.25) is 0 Å². The van der Waals surface area contributed by atoms with Gasteiger partial charge in [0.05, 0.1) is 5.69 Å². The molecule has 0 aliphatic carbocycles. The summed E-state index contributed by atoms with van der Waals surface area (Å²) in [5, 5.41) is 17.7. The maximum absolute atomic E-state index is 12.6. The molecule has 0 aliphatic heterocycles. The number of aromatic nitrogens is 2. The molecule has 0 saturated carbocycles. The number of pyridine rings is 1. The number of hydrogen-bond donors (Lipinski definition) is 4. The summed E-state index contributed by atoms with van der Waals surface area (Å²) in [4.78, 5) is 28.8. The number of benzene rings is 2. The van der Waals surface area contributed by atoms with Crippen molar-refractivity contribution in [3.63, 3.8) is 0 Å². The van der Waals surface area contributed by atoms with Crippen LogP contribution < -0.4 is 16.0 Å². The number of phenolic OH excluding ortho intramolecular Hbond substituents is 1. The van der Waals surface area contributed by atoms with E-state index in [4.69, 9.17) is 0 Å². The lowest BCUT2D eigenvalue weighted by Gasteiger charge is -2.15. The van der Waals surface area contributed by atoms with Gasteiger partial charge in [0.2, 0.25) is 0 Å². The van der Waals surface area contributed by atoms with Gasteiger partial charge in [-0.05, 0) is 54.4 Å². The molecule has 3 amide bonds. The van der Waals surface area contributed by atoms with Gasteiger partial charge in [-0.2, -0.15) is 0 Å². The first-order valence-electron chi connectivity index (χ1n) is 9.62. The van der Waals surface area contributed by atoms with Crippen molar-refractivity contribution >= 4 is 29.0 Å². The SMILES string of the molecule is CNC(=O)Nc1cc(-c2cccc(NC(=O)c3ccc(O)cc3)c2C)cn2ccnc12. The standard InChI is InChI=1S/C23H21N5O3/c1-14-18(4-3-5-19(14)26-22(30)15-6-8-17(29)9-7-15)16-12-20(27-23(31)24-2)21-25-10-11-28(21)13-16/h3-13,29H,1-2H3,(H,26,30)(H2,24,27,31). The van der Waals surface area contributed by atoms with E-state index in [1.54, 1.807) is 31.6 Å². The predicted octanol–water partition coefficient (Wildman–Crippen LogP) is 4.02. The van der Waals surface area contributed by atoms with Crippen LogP contribution in [0.1, 0.15) is 15.9 Å². The Hall–Kier alpha value is -4.33. The van der Waals surface area contributed by atoms with Gasteiger partial charge in [-0.25, -0.2) is 9.78 Å². The second-order valence-corrected chi connectivity index (χ2v) is 6.98. The Balaban J connectivity index is 1.71. The van der Waals surface area contributed by atoms with E-state index in [2.05, 4.69) is 20.9 Å². The lowest BCUT2D eigenvalue weighted by molar-refractivity contribution is 0.102. The quantitative estimate of drug-likeness (QED) is 0.404. The van der Waals surface area contributed by atoms with Gasteiger partial charge in [-0.3, -0.25) is 4.79 Å². The number of fused-ring (bicyclic) bond motifs is 1. The molecular weight excluding hydrogens is 394 g/mol. The number of phenols is 1. The highest BCUT2D eigenvalue weighted by molar-refractivity contribution is 6.05. The van der Waals surface area contributed by atoms with Gasteiger partial charge in [0.1, 0.15) is 5.75 Å².